The van der Waals surface area contributed by atoms with E-state index in [1.165, 1.54) is 34.1 Å². The maximum Gasteiger partial charge on any atom is 0.135 e. The van der Waals surface area contributed by atoms with Gasteiger partial charge in [0.15, 0.2) is 0 Å². The topological polar surface area (TPSA) is 25.2 Å². The lowest BCUT2D eigenvalue weighted by Gasteiger charge is -2.10. The fraction of sp³-hybridized carbons (Fsp3) is 0.263. The first-order chi connectivity index (χ1) is 10.3. The van der Waals surface area contributed by atoms with Gasteiger partial charge in [0.05, 0.1) is 0 Å². The quantitative estimate of drug-likeness (QED) is 0.739. The van der Waals surface area contributed by atoms with Gasteiger partial charge in [-0.15, -0.1) is 0 Å². The van der Waals surface area contributed by atoms with Crippen LogP contribution in [0.3, 0.4) is 0 Å². The molecule has 1 aliphatic rings. The van der Waals surface area contributed by atoms with Gasteiger partial charge in [-0.2, -0.15) is 0 Å². The Kier molecular flexibility index (Phi) is 2.86. The summed E-state index contributed by atoms with van der Waals surface area (Å²) in [6, 6.07) is 15.6. The Hall–Kier alpha value is -2.06. The lowest BCUT2D eigenvalue weighted by Crippen LogP contribution is -2.12. The summed E-state index contributed by atoms with van der Waals surface area (Å²) in [6.07, 6.45) is 2.29. The zero-order chi connectivity index (χ0) is 14.4. The molecule has 1 aliphatic carbocycles. The van der Waals surface area contributed by atoms with Crippen LogP contribution in [-0.2, 0) is 6.42 Å². The van der Waals surface area contributed by atoms with E-state index in [4.69, 9.17) is 4.42 Å². The molecule has 2 nitrogen and oxygen atoms in total. The van der Waals surface area contributed by atoms with E-state index in [1.54, 1.807) is 0 Å². The van der Waals surface area contributed by atoms with Crippen molar-refractivity contribution in [3.63, 3.8) is 0 Å². The molecular formula is C19H19NO. The van der Waals surface area contributed by atoms with E-state index < -0.39 is 0 Å². The number of hydrogen-bond donors (Lipinski definition) is 1. The number of hydrogen-bond acceptors (Lipinski definition) is 2. The van der Waals surface area contributed by atoms with Crippen molar-refractivity contribution < 1.29 is 4.42 Å². The standard InChI is InChI=1S/C19H19NO/c1-12-6-9-18-13(10-12)11-19(21-18)16-5-3-4-15-14(16)7-8-17(15)20-2/h3-6,9-11,17,20H,7-8H2,1-2H3. The molecule has 0 saturated carbocycles. The third-order valence-corrected chi connectivity index (χ3v) is 4.56. The van der Waals surface area contributed by atoms with Gasteiger partial charge in [0.25, 0.3) is 0 Å². The Balaban J connectivity index is 1.88. The third kappa shape index (κ3) is 1.98. The fourth-order valence-corrected chi connectivity index (χ4v) is 3.48. The van der Waals surface area contributed by atoms with E-state index in [0.29, 0.717) is 6.04 Å². The molecule has 0 saturated heterocycles. The predicted molar refractivity (Wildman–Crippen MR) is 86.5 cm³/mol. The number of fused-ring (bicyclic) bond motifs is 2. The van der Waals surface area contributed by atoms with E-state index in [-0.39, 0.29) is 0 Å². The summed E-state index contributed by atoms with van der Waals surface area (Å²) in [5.41, 5.74) is 6.35. The van der Waals surface area contributed by atoms with Crippen LogP contribution in [0.5, 0.6) is 0 Å². The van der Waals surface area contributed by atoms with Crippen LogP contribution in [0.15, 0.2) is 46.9 Å². The van der Waals surface area contributed by atoms with E-state index in [2.05, 4.69) is 54.7 Å². The van der Waals surface area contributed by atoms with Gasteiger partial charge in [-0.05, 0) is 56.1 Å². The van der Waals surface area contributed by atoms with Crippen molar-refractivity contribution in [1.82, 2.24) is 5.32 Å². The minimum absolute atomic E-state index is 0.478. The second kappa shape index (κ2) is 4.74. The molecule has 2 heteroatoms. The molecule has 0 aliphatic heterocycles. The van der Waals surface area contributed by atoms with Crippen LogP contribution in [0.4, 0.5) is 0 Å². The molecule has 1 heterocycles. The maximum atomic E-state index is 6.08. The third-order valence-electron chi connectivity index (χ3n) is 4.56. The highest BCUT2D eigenvalue weighted by molar-refractivity contribution is 5.84. The number of benzene rings is 2. The van der Waals surface area contributed by atoms with E-state index in [9.17, 15) is 0 Å². The molecule has 3 aromatic rings. The first-order valence-corrected chi connectivity index (χ1v) is 7.56. The highest BCUT2D eigenvalue weighted by atomic mass is 16.3. The Morgan fingerprint density at radius 1 is 1.14 bits per heavy atom. The van der Waals surface area contributed by atoms with Crippen molar-refractivity contribution in [2.45, 2.75) is 25.8 Å². The van der Waals surface area contributed by atoms with Crippen LogP contribution in [-0.4, -0.2) is 7.05 Å². The van der Waals surface area contributed by atoms with Gasteiger partial charge in [-0.1, -0.05) is 29.8 Å². The summed E-state index contributed by atoms with van der Waals surface area (Å²) < 4.78 is 6.08. The average molecular weight is 277 g/mol. The summed E-state index contributed by atoms with van der Waals surface area (Å²) >= 11 is 0. The Morgan fingerprint density at radius 2 is 2.05 bits per heavy atom. The fourth-order valence-electron chi connectivity index (χ4n) is 3.48. The Bertz CT molecular complexity index is 816. The van der Waals surface area contributed by atoms with Crippen LogP contribution < -0.4 is 5.32 Å². The summed E-state index contributed by atoms with van der Waals surface area (Å²) in [7, 11) is 2.04. The van der Waals surface area contributed by atoms with Gasteiger partial charge >= 0.3 is 0 Å². The normalized spacial score (nSPS) is 17.3. The summed E-state index contributed by atoms with van der Waals surface area (Å²) in [5, 5.41) is 4.59. The summed E-state index contributed by atoms with van der Waals surface area (Å²) in [4.78, 5) is 0. The molecule has 1 unspecified atom stereocenters. The average Bonchev–Trinajstić information content (AvgIpc) is 3.09. The zero-order valence-electron chi connectivity index (χ0n) is 12.4. The minimum Gasteiger partial charge on any atom is -0.456 e. The van der Waals surface area contributed by atoms with Gasteiger partial charge < -0.3 is 9.73 Å². The second-order valence-electron chi connectivity index (χ2n) is 5.91. The minimum atomic E-state index is 0.478. The molecule has 0 spiro atoms. The zero-order valence-corrected chi connectivity index (χ0v) is 12.4. The Labute approximate surface area is 124 Å². The van der Waals surface area contributed by atoms with Crippen LogP contribution >= 0.6 is 0 Å². The van der Waals surface area contributed by atoms with Gasteiger partial charge in [-0.3, -0.25) is 0 Å². The molecule has 1 N–H and O–H groups in total. The number of nitrogens with one attached hydrogen (secondary N) is 1. The maximum absolute atomic E-state index is 6.08. The molecule has 0 bridgehead atoms. The molecular weight excluding hydrogens is 258 g/mol. The molecule has 0 amide bonds. The van der Waals surface area contributed by atoms with Crippen LogP contribution in [0.25, 0.3) is 22.3 Å². The number of rotatable bonds is 2. The number of furan rings is 1. The second-order valence-corrected chi connectivity index (χ2v) is 5.91. The molecule has 1 atom stereocenters. The van der Waals surface area contributed by atoms with Crippen LogP contribution in [0.2, 0.25) is 0 Å². The first-order valence-electron chi connectivity index (χ1n) is 7.56. The monoisotopic (exact) mass is 277 g/mol. The highest BCUT2D eigenvalue weighted by Crippen LogP contribution is 2.39. The van der Waals surface area contributed by atoms with Crippen LogP contribution in [0.1, 0.15) is 29.2 Å². The summed E-state index contributed by atoms with van der Waals surface area (Å²) in [6.45, 7) is 2.11. The lowest BCUT2D eigenvalue weighted by molar-refractivity contribution is 0.590. The van der Waals surface area contributed by atoms with Gasteiger partial charge in [0, 0.05) is 17.0 Å². The molecule has 2 aromatic carbocycles. The smallest absolute Gasteiger partial charge is 0.135 e. The molecule has 1 aromatic heterocycles. The van der Waals surface area contributed by atoms with Crippen molar-refractivity contribution in [2.75, 3.05) is 7.05 Å². The molecule has 21 heavy (non-hydrogen) atoms. The summed E-state index contributed by atoms with van der Waals surface area (Å²) in [5.74, 6) is 0.990. The van der Waals surface area contributed by atoms with Gasteiger partial charge in [0.1, 0.15) is 11.3 Å². The van der Waals surface area contributed by atoms with E-state index >= 15 is 0 Å². The van der Waals surface area contributed by atoms with Crippen molar-refractivity contribution in [1.29, 1.82) is 0 Å². The van der Waals surface area contributed by atoms with Gasteiger partial charge in [0.2, 0.25) is 0 Å². The number of aryl methyl sites for hydroxylation is 1. The molecule has 106 valence electrons. The van der Waals surface area contributed by atoms with E-state index in [1.807, 2.05) is 7.05 Å². The van der Waals surface area contributed by atoms with Crippen molar-refractivity contribution in [2.24, 2.45) is 0 Å². The molecule has 0 radical (unpaired) electrons. The van der Waals surface area contributed by atoms with Crippen LogP contribution in [0, 0.1) is 6.92 Å². The van der Waals surface area contributed by atoms with Crippen molar-refractivity contribution in [3.8, 4) is 11.3 Å². The largest absolute Gasteiger partial charge is 0.456 e. The Morgan fingerprint density at radius 3 is 2.90 bits per heavy atom. The van der Waals surface area contributed by atoms with Crippen molar-refractivity contribution >= 4 is 11.0 Å². The molecule has 4 rings (SSSR count). The predicted octanol–water partition coefficient (Wildman–Crippen LogP) is 4.61. The van der Waals surface area contributed by atoms with Crippen molar-refractivity contribution in [3.05, 3.63) is 59.2 Å². The van der Waals surface area contributed by atoms with Gasteiger partial charge in [-0.25, -0.2) is 0 Å². The molecule has 0 fully saturated rings. The first kappa shape index (κ1) is 12.7. The van der Waals surface area contributed by atoms with E-state index in [0.717, 1.165) is 17.8 Å². The highest BCUT2D eigenvalue weighted by Gasteiger charge is 2.24. The lowest BCUT2D eigenvalue weighted by atomic mass is 10.0. The SMILES string of the molecule is CNC1CCc2c(-c3cc4cc(C)ccc4o3)cccc21.